The Balaban J connectivity index is 1.24. The van der Waals surface area contributed by atoms with Crippen molar-refractivity contribution in [1.29, 1.82) is 0 Å². The predicted octanol–water partition coefficient (Wildman–Crippen LogP) is 5.94. The Morgan fingerprint density at radius 3 is 2.77 bits per heavy atom. The first kappa shape index (κ1) is 32.3. The number of aromatic nitrogens is 3. The van der Waals surface area contributed by atoms with Crippen LogP contribution in [0.1, 0.15) is 62.5 Å². The van der Waals surface area contributed by atoms with E-state index in [1.165, 1.54) is 12.0 Å². The number of fused-ring (bicyclic) bond motifs is 2. The molecule has 47 heavy (non-hydrogen) atoms. The first-order valence-electron chi connectivity index (χ1n) is 17.3. The van der Waals surface area contributed by atoms with Gasteiger partial charge in [-0.25, -0.2) is 0 Å². The number of benzene rings is 1. The van der Waals surface area contributed by atoms with Gasteiger partial charge in [0.2, 0.25) is 5.91 Å². The van der Waals surface area contributed by atoms with E-state index in [-0.39, 0.29) is 17.5 Å². The number of carbonyl (C=O) groups excluding carboxylic acids is 1. The van der Waals surface area contributed by atoms with E-state index >= 15 is 0 Å². The summed E-state index contributed by atoms with van der Waals surface area (Å²) in [6.45, 7) is 9.40. The second-order valence-electron chi connectivity index (χ2n) is 14.7. The molecule has 3 saturated heterocycles. The summed E-state index contributed by atoms with van der Waals surface area (Å²) in [6.07, 6.45) is 12.2. The van der Waals surface area contributed by atoms with Gasteiger partial charge in [0.1, 0.15) is 12.4 Å². The molecule has 1 amide bonds. The summed E-state index contributed by atoms with van der Waals surface area (Å²) in [7, 11) is 6.07. The lowest BCUT2D eigenvalue weighted by Gasteiger charge is -2.31. The number of halogens is 1. The lowest BCUT2D eigenvalue weighted by molar-refractivity contribution is -0.125. The van der Waals surface area contributed by atoms with Crippen molar-refractivity contribution in [2.24, 2.45) is 5.92 Å². The van der Waals surface area contributed by atoms with Gasteiger partial charge in [-0.15, -0.1) is 0 Å². The van der Waals surface area contributed by atoms with Crippen molar-refractivity contribution in [3.8, 4) is 17.3 Å². The number of ether oxygens (including phenoxy) is 1. The summed E-state index contributed by atoms with van der Waals surface area (Å²) in [6, 6.07) is 6.66. The van der Waals surface area contributed by atoms with Crippen molar-refractivity contribution in [2.45, 2.75) is 69.9 Å². The number of hydrogen-bond acceptors (Lipinski definition) is 8. The molecule has 3 unspecified atom stereocenters. The van der Waals surface area contributed by atoms with E-state index in [0.29, 0.717) is 37.5 Å². The van der Waals surface area contributed by atoms with Crippen LogP contribution in [-0.2, 0) is 4.79 Å². The largest absolute Gasteiger partial charge is 0.461 e. The molecule has 7 rings (SSSR count). The van der Waals surface area contributed by atoms with E-state index in [1.807, 2.05) is 48.3 Å². The van der Waals surface area contributed by atoms with Crippen molar-refractivity contribution in [2.75, 3.05) is 65.4 Å². The Bertz CT molecular complexity index is 1690. The van der Waals surface area contributed by atoms with Crippen LogP contribution in [0.3, 0.4) is 0 Å². The number of rotatable bonds is 10. The maximum atomic E-state index is 13.0. The highest BCUT2D eigenvalue weighted by molar-refractivity contribution is 6.32. The minimum Gasteiger partial charge on any atom is -0.461 e. The van der Waals surface area contributed by atoms with Crippen LogP contribution in [0.25, 0.3) is 22.2 Å². The van der Waals surface area contributed by atoms with Crippen LogP contribution in [0.4, 0.5) is 5.82 Å². The predicted molar refractivity (Wildman–Crippen MR) is 188 cm³/mol. The number of hydrogen-bond donors (Lipinski definition) is 0. The normalized spacial score (nSPS) is 24.6. The Morgan fingerprint density at radius 2 is 1.98 bits per heavy atom. The van der Waals surface area contributed by atoms with Crippen LogP contribution >= 0.6 is 11.6 Å². The van der Waals surface area contributed by atoms with Gasteiger partial charge < -0.3 is 19.4 Å². The van der Waals surface area contributed by atoms with Crippen molar-refractivity contribution in [3.63, 3.8) is 0 Å². The summed E-state index contributed by atoms with van der Waals surface area (Å²) in [5, 5.41) is 1.70. The average Bonchev–Trinajstić information content (AvgIpc) is 3.47. The van der Waals surface area contributed by atoms with Gasteiger partial charge in [0.25, 0.3) is 0 Å². The number of aryl methyl sites for hydroxylation is 1. The molecule has 3 aliphatic heterocycles. The number of likely N-dealkylation sites (tertiary alicyclic amines) is 1. The van der Waals surface area contributed by atoms with Gasteiger partial charge >= 0.3 is 6.01 Å². The van der Waals surface area contributed by atoms with Gasteiger partial charge in [0.05, 0.1) is 22.1 Å². The molecule has 5 heterocycles. The standard InChI is InChI=1S/C37H48ClN7O2/c1-24-19-37(15-8-17-45(37)21-24)23-47-36-40-34-25(2)33(28-9-6-10-30(38)32(28)26-12-13-26)39-20-29(34)35(41-36)43(5)27-14-18-44(22-27)31(46)11-7-16-42(3)4/h6-7,9-11,20,24,26-27H,8,12-19,21-23H2,1-5H3/b11-7+. The minimum atomic E-state index is 0.0561. The van der Waals surface area contributed by atoms with Gasteiger partial charge in [-0.1, -0.05) is 36.7 Å². The molecule has 1 saturated carbocycles. The van der Waals surface area contributed by atoms with E-state index < -0.39 is 0 Å². The zero-order valence-corrected chi connectivity index (χ0v) is 29.3. The molecule has 0 bridgehead atoms. The van der Waals surface area contributed by atoms with Crippen LogP contribution in [0.15, 0.2) is 36.5 Å². The van der Waals surface area contributed by atoms with Crippen molar-refractivity contribution >= 4 is 34.2 Å². The number of pyridine rings is 1. The number of likely N-dealkylation sites (N-methyl/N-ethyl adjacent to an activating group) is 2. The smallest absolute Gasteiger partial charge is 0.319 e. The van der Waals surface area contributed by atoms with Crippen molar-refractivity contribution in [3.05, 3.63) is 52.7 Å². The third kappa shape index (κ3) is 6.34. The first-order chi connectivity index (χ1) is 22.6. The molecule has 2 aromatic heterocycles. The second kappa shape index (κ2) is 13.0. The van der Waals surface area contributed by atoms with Gasteiger partial charge in [-0.05, 0) is 89.6 Å². The lowest BCUT2D eigenvalue weighted by atomic mass is 9.92. The van der Waals surface area contributed by atoms with Crippen LogP contribution in [0.2, 0.25) is 5.02 Å². The fourth-order valence-electron chi connectivity index (χ4n) is 8.24. The van der Waals surface area contributed by atoms with E-state index in [9.17, 15) is 4.79 Å². The Kier molecular flexibility index (Phi) is 8.91. The number of amides is 1. The number of nitrogens with zero attached hydrogens (tertiary/aromatic N) is 7. The molecule has 10 heteroatoms. The van der Waals surface area contributed by atoms with Crippen molar-refractivity contribution < 1.29 is 9.53 Å². The van der Waals surface area contributed by atoms with Crippen molar-refractivity contribution in [1.82, 2.24) is 29.7 Å². The quantitative estimate of drug-likeness (QED) is 0.248. The monoisotopic (exact) mass is 657 g/mol. The molecular weight excluding hydrogens is 610 g/mol. The van der Waals surface area contributed by atoms with Crippen LogP contribution in [0.5, 0.6) is 6.01 Å². The highest BCUT2D eigenvalue weighted by Crippen LogP contribution is 2.48. The maximum Gasteiger partial charge on any atom is 0.319 e. The molecule has 1 aromatic carbocycles. The molecule has 3 aromatic rings. The fraction of sp³-hybridized carbons (Fsp3) is 0.568. The Labute approximate surface area is 283 Å². The first-order valence-corrected chi connectivity index (χ1v) is 17.7. The lowest BCUT2D eigenvalue weighted by Crippen LogP contribution is -2.43. The van der Waals surface area contributed by atoms with Crippen LogP contribution < -0.4 is 9.64 Å². The molecule has 3 atom stereocenters. The van der Waals surface area contributed by atoms with E-state index in [0.717, 1.165) is 90.3 Å². The zero-order valence-electron chi connectivity index (χ0n) is 28.5. The molecule has 0 spiro atoms. The van der Waals surface area contributed by atoms with Gasteiger partial charge in [-0.2, -0.15) is 9.97 Å². The molecule has 250 valence electrons. The third-order valence-corrected chi connectivity index (χ3v) is 11.1. The third-order valence-electron chi connectivity index (χ3n) is 10.8. The summed E-state index contributed by atoms with van der Waals surface area (Å²) >= 11 is 6.76. The second-order valence-corrected chi connectivity index (χ2v) is 15.1. The molecule has 9 nitrogen and oxygen atoms in total. The van der Waals surface area contributed by atoms with Gasteiger partial charge in [0, 0.05) is 67.7 Å². The van der Waals surface area contributed by atoms with Crippen LogP contribution in [0, 0.1) is 12.8 Å². The molecule has 0 N–H and O–H groups in total. The van der Waals surface area contributed by atoms with E-state index in [2.05, 4.69) is 36.8 Å². The minimum absolute atomic E-state index is 0.0561. The Morgan fingerprint density at radius 1 is 1.15 bits per heavy atom. The molecule has 4 fully saturated rings. The molecular formula is C37H48ClN7O2. The summed E-state index contributed by atoms with van der Waals surface area (Å²) in [5.74, 6) is 2.00. The Hall–Kier alpha value is -3.27. The van der Waals surface area contributed by atoms with Gasteiger partial charge in [0.15, 0.2) is 0 Å². The van der Waals surface area contributed by atoms with Crippen LogP contribution in [-0.4, -0.2) is 108 Å². The zero-order chi connectivity index (χ0) is 32.9. The summed E-state index contributed by atoms with van der Waals surface area (Å²) in [4.78, 5) is 37.0. The molecule has 1 aliphatic carbocycles. The topological polar surface area (TPSA) is 77.9 Å². The highest BCUT2D eigenvalue weighted by Gasteiger charge is 2.48. The molecule has 0 radical (unpaired) electrons. The number of anilines is 1. The fourth-order valence-corrected chi connectivity index (χ4v) is 8.57. The van der Waals surface area contributed by atoms with E-state index in [1.54, 1.807) is 6.08 Å². The maximum absolute atomic E-state index is 13.0. The highest BCUT2D eigenvalue weighted by atomic mass is 35.5. The summed E-state index contributed by atoms with van der Waals surface area (Å²) < 4.78 is 6.61. The number of carbonyl (C=O) groups is 1. The molecule has 4 aliphatic rings. The summed E-state index contributed by atoms with van der Waals surface area (Å²) in [5.41, 5.74) is 5.10. The average molecular weight is 658 g/mol. The van der Waals surface area contributed by atoms with Gasteiger partial charge in [-0.3, -0.25) is 14.7 Å². The van der Waals surface area contributed by atoms with E-state index in [4.69, 9.17) is 31.3 Å². The SMILES string of the molecule is Cc1c(-c2cccc(Cl)c2C2CC2)ncc2c(N(C)C3CCN(C(=O)/C=C/CN(C)C)C3)nc(OCC34CCCN3CC(C)C4)nc12.